The maximum absolute atomic E-state index is 10.2. The molecule has 0 spiro atoms. The molecule has 0 saturated carbocycles. The van der Waals surface area contributed by atoms with Crippen molar-refractivity contribution in [3.63, 3.8) is 0 Å². The van der Waals surface area contributed by atoms with Crippen molar-refractivity contribution in [1.29, 1.82) is 0 Å². The smallest absolute Gasteiger partial charge is 0.106 e. The summed E-state index contributed by atoms with van der Waals surface area (Å²) in [4.78, 5) is 4.77. The molecule has 1 rings (SSSR count). The van der Waals surface area contributed by atoms with Gasteiger partial charge in [-0.15, -0.1) is 0 Å². The fraction of sp³-hybridized carbons (Fsp3) is 0.923. The summed E-state index contributed by atoms with van der Waals surface area (Å²) in [5, 5.41) is 14.1. The van der Waals surface area contributed by atoms with E-state index in [-0.39, 0.29) is 0 Å². The Labute approximate surface area is 104 Å². The SMILES string of the molecule is CCCCCC1(C)OC/C(=N/OC)CCC1O. The highest BCUT2D eigenvalue weighted by molar-refractivity contribution is 5.85. The van der Waals surface area contributed by atoms with Crippen molar-refractivity contribution in [2.45, 2.75) is 64.1 Å². The number of hydrogen-bond donors (Lipinski definition) is 1. The van der Waals surface area contributed by atoms with Crippen LogP contribution >= 0.6 is 0 Å². The van der Waals surface area contributed by atoms with Crippen molar-refractivity contribution in [2.24, 2.45) is 5.16 Å². The van der Waals surface area contributed by atoms with Gasteiger partial charge in [0.1, 0.15) is 7.11 Å². The topological polar surface area (TPSA) is 51.0 Å². The summed E-state index contributed by atoms with van der Waals surface area (Å²) < 4.78 is 5.85. The van der Waals surface area contributed by atoms with Crippen LogP contribution in [0.4, 0.5) is 0 Å². The number of nitrogens with zero attached hydrogens (tertiary/aromatic N) is 1. The Morgan fingerprint density at radius 1 is 1.53 bits per heavy atom. The number of hydrogen-bond acceptors (Lipinski definition) is 4. The van der Waals surface area contributed by atoms with Crippen molar-refractivity contribution in [2.75, 3.05) is 13.7 Å². The monoisotopic (exact) mass is 243 g/mol. The second kappa shape index (κ2) is 6.97. The quantitative estimate of drug-likeness (QED) is 0.596. The summed E-state index contributed by atoms with van der Waals surface area (Å²) in [7, 11) is 1.54. The second-order valence-electron chi connectivity index (χ2n) is 4.95. The Kier molecular flexibility index (Phi) is 5.92. The van der Waals surface area contributed by atoms with Crippen LogP contribution < -0.4 is 0 Å². The largest absolute Gasteiger partial charge is 0.399 e. The van der Waals surface area contributed by atoms with Gasteiger partial charge in [0.05, 0.1) is 24.0 Å². The fourth-order valence-corrected chi connectivity index (χ4v) is 2.19. The van der Waals surface area contributed by atoms with Gasteiger partial charge in [0, 0.05) is 0 Å². The van der Waals surface area contributed by atoms with Gasteiger partial charge >= 0.3 is 0 Å². The van der Waals surface area contributed by atoms with E-state index < -0.39 is 11.7 Å². The third-order valence-electron chi connectivity index (χ3n) is 3.48. The molecular weight excluding hydrogens is 218 g/mol. The van der Waals surface area contributed by atoms with Crippen molar-refractivity contribution < 1.29 is 14.7 Å². The summed E-state index contributed by atoms with van der Waals surface area (Å²) in [5.74, 6) is 0. The molecule has 0 amide bonds. The van der Waals surface area contributed by atoms with Crippen LogP contribution in [0.25, 0.3) is 0 Å². The van der Waals surface area contributed by atoms with E-state index in [9.17, 15) is 5.11 Å². The first-order chi connectivity index (χ1) is 8.12. The summed E-state index contributed by atoms with van der Waals surface area (Å²) in [6, 6.07) is 0. The first-order valence-electron chi connectivity index (χ1n) is 6.53. The molecule has 17 heavy (non-hydrogen) atoms. The van der Waals surface area contributed by atoms with Gasteiger partial charge in [-0.3, -0.25) is 0 Å². The average molecular weight is 243 g/mol. The van der Waals surface area contributed by atoms with E-state index in [1.54, 1.807) is 0 Å². The van der Waals surface area contributed by atoms with Crippen LogP contribution in [-0.2, 0) is 9.57 Å². The highest BCUT2D eigenvalue weighted by Gasteiger charge is 2.36. The molecule has 1 N–H and O–H groups in total. The Bertz CT molecular complexity index is 255. The molecule has 0 aromatic carbocycles. The maximum Gasteiger partial charge on any atom is 0.106 e. The minimum atomic E-state index is -0.430. The zero-order valence-electron chi connectivity index (χ0n) is 11.2. The molecule has 0 aliphatic carbocycles. The Hall–Kier alpha value is -0.610. The number of aliphatic hydroxyl groups is 1. The molecule has 0 radical (unpaired) electrons. The van der Waals surface area contributed by atoms with Crippen LogP contribution in [0, 0.1) is 0 Å². The number of rotatable bonds is 5. The molecule has 4 nitrogen and oxygen atoms in total. The van der Waals surface area contributed by atoms with Crippen LogP contribution in [-0.4, -0.2) is 36.2 Å². The first-order valence-corrected chi connectivity index (χ1v) is 6.53. The number of oxime groups is 1. The van der Waals surface area contributed by atoms with Gasteiger partial charge in [-0.1, -0.05) is 31.3 Å². The maximum atomic E-state index is 10.2. The van der Waals surface area contributed by atoms with Crippen molar-refractivity contribution in [3.8, 4) is 0 Å². The molecule has 4 heteroatoms. The lowest BCUT2D eigenvalue weighted by atomic mass is 9.90. The molecule has 2 atom stereocenters. The lowest BCUT2D eigenvalue weighted by Gasteiger charge is -2.32. The Morgan fingerprint density at radius 2 is 2.29 bits per heavy atom. The molecule has 2 unspecified atom stereocenters. The third-order valence-corrected chi connectivity index (χ3v) is 3.48. The van der Waals surface area contributed by atoms with Crippen molar-refractivity contribution in [3.05, 3.63) is 0 Å². The predicted octanol–water partition coefficient (Wildman–Crippen LogP) is 2.50. The van der Waals surface area contributed by atoms with E-state index >= 15 is 0 Å². The van der Waals surface area contributed by atoms with Crippen LogP contribution in [0.1, 0.15) is 52.4 Å². The molecule has 0 aromatic rings. The zero-order chi connectivity index (χ0) is 12.7. The van der Waals surface area contributed by atoms with Crippen LogP contribution in [0.2, 0.25) is 0 Å². The average Bonchev–Trinajstić information content (AvgIpc) is 2.44. The van der Waals surface area contributed by atoms with E-state index in [0.29, 0.717) is 13.0 Å². The summed E-state index contributed by atoms with van der Waals surface area (Å²) in [6.45, 7) is 4.65. The Morgan fingerprint density at radius 3 is 2.94 bits per heavy atom. The molecule has 1 fully saturated rings. The van der Waals surface area contributed by atoms with Crippen molar-refractivity contribution in [1.82, 2.24) is 0 Å². The normalized spacial score (nSPS) is 32.5. The summed E-state index contributed by atoms with van der Waals surface area (Å²) >= 11 is 0. The van der Waals surface area contributed by atoms with Gasteiger partial charge in [0.2, 0.25) is 0 Å². The molecule has 1 saturated heterocycles. The van der Waals surface area contributed by atoms with Gasteiger partial charge in [-0.2, -0.15) is 0 Å². The van der Waals surface area contributed by atoms with Gasteiger partial charge in [0.25, 0.3) is 0 Å². The standard InChI is InChI=1S/C13H25NO3/c1-4-5-6-9-13(2)12(15)8-7-11(10-17-13)14-16-3/h12,15H,4-10H2,1-3H3/b14-11+. The molecule has 0 aromatic heterocycles. The zero-order valence-corrected chi connectivity index (χ0v) is 11.2. The van der Waals surface area contributed by atoms with E-state index in [1.807, 2.05) is 6.92 Å². The van der Waals surface area contributed by atoms with E-state index in [1.165, 1.54) is 20.0 Å². The number of ether oxygens (including phenoxy) is 1. The van der Waals surface area contributed by atoms with Crippen LogP contribution in [0.15, 0.2) is 5.16 Å². The molecule has 1 aliphatic rings. The minimum Gasteiger partial charge on any atom is -0.399 e. The first kappa shape index (κ1) is 14.5. The van der Waals surface area contributed by atoms with Gasteiger partial charge in [-0.05, 0) is 26.2 Å². The lowest BCUT2D eigenvalue weighted by molar-refractivity contribution is -0.102. The molecule has 0 bridgehead atoms. The van der Waals surface area contributed by atoms with Gasteiger partial charge in [-0.25, -0.2) is 0 Å². The van der Waals surface area contributed by atoms with Crippen molar-refractivity contribution >= 4 is 5.71 Å². The predicted molar refractivity (Wildman–Crippen MR) is 68.2 cm³/mol. The van der Waals surface area contributed by atoms with Gasteiger partial charge < -0.3 is 14.7 Å². The molecule has 100 valence electrons. The van der Waals surface area contributed by atoms with Crippen LogP contribution in [0.5, 0.6) is 0 Å². The van der Waals surface area contributed by atoms with Gasteiger partial charge in [0.15, 0.2) is 0 Å². The second-order valence-corrected chi connectivity index (χ2v) is 4.95. The summed E-state index contributed by atoms with van der Waals surface area (Å²) in [6.07, 6.45) is 5.41. The summed E-state index contributed by atoms with van der Waals surface area (Å²) in [5.41, 5.74) is 0.450. The van der Waals surface area contributed by atoms with E-state index in [0.717, 1.165) is 25.0 Å². The highest BCUT2D eigenvalue weighted by Crippen LogP contribution is 2.29. The fourth-order valence-electron chi connectivity index (χ4n) is 2.19. The minimum absolute atomic E-state index is 0.413. The van der Waals surface area contributed by atoms with E-state index in [2.05, 4.69) is 12.1 Å². The third kappa shape index (κ3) is 4.28. The molecule has 1 heterocycles. The molecular formula is C13H25NO3. The Balaban J connectivity index is 2.56. The lowest BCUT2D eigenvalue weighted by Crippen LogP contribution is -2.41. The highest BCUT2D eigenvalue weighted by atomic mass is 16.6. The number of unbranched alkanes of at least 4 members (excludes halogenated alkanes) is 2. The van der Waals surface area contributed by atoms with Crippen LogP contribution in [0.3, 0.4) is 0 Å². The van der Waals surface area contributed by atoms with E-state index in [4.69, 9.17) is 9.57 Å². The molecule has 1 aliphatic heterocycles. The number of aliphatic hydroxyl groups excluding tert-OH is 1.